The second-order valence-corrected chi connectivity index (χ2v) is 4.41. The van der Waals surface area contributed by atoms with E-state index >= 15 is 0 Å². The zero-order valence-corrected chi connectivity index (χ0v) is 9.58. The first-order valence-corrected chi connectivity index (χ1v) is 5.89. The Kier molecular flexibility index (Phi) is 3.62. The lowest BCUT2D eigenvalue weighted by atomic mass is 10.0. The van der Waals surface area contributed by atoms with Crippen molar-refractivity contribution in [3.63, 3.8) is 0 Å². The van der Waals surface area contributed by atoms with Crippen molar-refractivity contribution in [2.45, 2.75) is 18.9 Å². The van der Waals surface area contributed by atoms with Crippen LogP contribution in [0.1, 0.15) is 24.4 Å². The predicted octanol–water partition coefficient (Wildman–Crippen LogP) is 2.44. The monoisotopic (exact) mass is 224 g/mol. The Morgan fingerprint density at radius 3 is 2.93 bits per heavy atom. The molecular formula is C12H17ClN2. The molecular weight excluding hydrogens is 208 g/mol. The van der Waals surface area contributed by atoms with Gasteiger partial charge in [-0.25, -0.2) is 0 Å². The molecule has 0 aliphatic carbocycles. The third-order valence-electron chi connectivity index (χ3n) is 3.04. The zero-order valence-electron chi connectivity index (χ0n) is 8.82. The van der Waals surface area contributed by atoms with Crippen LogP contribution in [0.5, 0.6) is 0 Å². The van der Waals surface area contributed by atoms with E-state index in [2.05, 4.69) is 17.0 Å². The zero-order chi connectivity index (χ0) is 10.7. The number of halogens is 1. The van der Waals surface area contributed by atoms with Gasteiger partial charge in [-0.2, -0.15) is 0 Å². The lowest BCUT2D eigenvalue weighted by Crippen LogP contribution is -2.29. The topological polar surface area (TPSA) is 29.3 Å². The van der Waals surface area contributed by atoms with Gasteiger partial charge < -0.3 is 5.73 Å². The van der Waals surface area contributed by atoms with E-state index in [0.29, 0.717) is 6.04 Å². The number of rotatable bonds is 3. The van der Waals surface area contributed by atoms with Crippen LogP contribution in [0.15, 0.2) is 24.3 Å². The van der Waals surface area contributed by atoms with Gasteiger partial charge in [0, 0.05) is 24.2 Å². The average Bonchev–Trinajstić information content (AvgIpc) is 2.67. The molecule has 1 aliphatic heterocycles. The van der Waals surface area contributed by atoms with Crippen LogP contribution in [0.2, 0.25) is 5.02 Å². The summed E-state index contributed by atoms with van der Waals surface area (Å²) in [4.78, 5) is 2.43. The van der Waals surface area contributed by atoms with Gasteiger partial charge in [-0.05, 0) is 31.0 Å². The van der Waals surface area contributed by atoms with Crippen molar-refractivity contribution in [3.05, 3.63) is 34.9 Å². The summed E-state index contributed by atoms with van der Waals surface area (Å²) in [6.45, 7) is 2.84. The van der Waals surface area contributed by atoms with Crippen molar-refractivity contribution < 1.29 is 0 Å². The van der Waals surface area contributed by atoms with Gasteiger partial charge in [0.25, 0.3) is 0 Å². The summed E-state index contributed by atoms with van der Waals surface area (Å²) in [5.74, 6) is 0. The SMILES string of the molecule is NCCN1CCCC1c1ccccc1Cl. The summed E-state index contributed by atoms with van der Waals surface area (Å²) in [5.41, 5.74) is 6.87. The van der Waals surface area contributed by atoms with Gasteiger partial charge in [0.1, 0.15) is 0 Å². The summed E-state index contributed by atoms with van der Waals surface area (Å²) in [6.07, 6.45) is 2.44. The molecule has 3 heteroatoms. The standard InChI is InChI=1S/C12H17ClN2/c13-11-5-2-1-4-10(11)12-6-3-8-15(12)9-7-14/h1-2,4-5,12H,3,6-9,14H2. The third kappa shape index (κ3) is 2.33. The lowest BCUT2D eigenvalue weighted by Gasteiger charge is -2.24. The Hall–Kier alpha value is -0.570. The molecule has 1 unspecified atom stereocenters. The minimum atomic E-state index is 0.474. The number of likely N-dealkylation sites (tertiary alicyclic amines) is 1. The molecule has 1 saturated heterocycles. The fraction of sp³-hybridized carbons (Fsp3) is 0.500. The molecule has 1 aromatic rings. The molecule has 0 saturated carbocycles. The van der Waals surface area contributed by atoms with E-state index in [9.17, 15) is 0 Å². The van der Waals surface area contributed by atoms with Crippen LogP contribution in [-0.2, 0) is 0 Å². The van der Waals surface area contributed by atoms with Gasteiger partial charge in [0.15, 0.2) is 0 Å². The maximum atomic E-state index is 6.21. The summed E-state index contributed by atoms with van der Waals surface area (Å²) < 4.78 is 0. The number of nitrogens with zero attached hydrogens (tertiary/aromatic N) is 1. The molecule has 0 aromatic heterocycles. The Balaban J connectivity index is 2.19. The Labute approximate surface area is 96.0 Å². The highest BCUT2D eigenvalue weighted by atomic mass is 35.5. The van der Waals surface area contributed by atoms with Crippen molar-refractivity contribution in [2.24, 2.45) is 5.73 Å². The molecule has 2 rings (SSSR count). The first-order valence-electron chi connectivity index (χ1n) is 5.51. The predicted molar refractivity (Wildman–Crippen MR) is 64.1 cm³/mol. The average molecular weight is 225 g/mol. The van der Waals surface area contributed by atoms with E-state index in [4.69, 9.17) is 17.3 Å². The molecule has 82 valence electrons. The second kappa shape index (κ2) is 4.97. The number of hydrogen-bond acceptors (Lipinski definition) is 2. The summed E-state index contributed by atoms with van der Waals surface area (Å²) in [6, 6.07) is 8.61. The summed E-state index contributed by atoms with van der Waals surface area (Å²) >= 11 is 6.21. The van der Waals surface area contributed by atoms with Crippen molar-refractivity contribution in [1.29, 1.82) is 0 Å². The van der Waals surface area contributed by atoms with Gasteiger partial charge in [0.2, 0.25) is 0 Å². The van der Waals surface area contributed by atoms with Crippen molar-refractivity contribution in [1.82, 2.24) is 4.90 Å². The molecule has 0 radical (unpaired) electrons. The molecule has 0 bridgehead atoms. The van der Waals surface area contributed by atoms with E-state index in [1.165, 1.54) is 18.4 Å². The fourth-order valence-electron chi connectivity index (χ4n) is 2.36. The molecule has 2 nitrogen and oxygen atoms in total. The van der Waals surface area contributed by atoms with Crippen LogP contribution in [0, 0.1) is 0 Å². The molecule has 15 heavy (non-hydrogen) atoms. The van der Waals surface area contributed by atoms with Crippen LogP contribution in [-0.4, -0.2) is 24.5 Å². The van der Waals surface area contributed by atoms with Crippen LogP contribution < -0.4 is 5.73 Å². The molecule has 2 N–H and O–H groups in total. The first kappa shape index (κ1) is 10.9. The highest BCUT2D eigenvalue weighted by Crippen LogP contribution is 2.34. The van der Waals surface area contributed by atoms with Crippen molar-refractivity contribution >= 4 is 11.6 Å². The number of nitrogens with two attached hydrogens (primary N) is 1. The quantitative estimate of drug-likeness (QED) is 0.855. The second-order valence-electron chi connectivity index (χ2n) is 4.00. The smallest absolute Gasteiger partial charge is 0.0453 e. The lowest BCUT2D eigenvalue weighted by molar-refractivity contribution is 0.265. The van der Waals surface area contributed by atoms with Crippen LogP contribution >= 0.6 is 11.6 Å². The largest absolute Gasteiger partial charge is 0.329 e. The van der Waals surface area contributed by atoms with Gasteiger partial charge in [-0.15, -0.1) is 0 Å². The summed E-state index contributed by atoms with van der Waals surface area (Å²) in [7, 11) is 0. The Morgan fingerprint density at radius 2 is 2.20 bits per heavy atom. The van der Waals surface area contributed by atoms with E-state index in [0.717, 1.165) is 24.7 Å². The minimum Gasteiger partial charge on any atom is -0.329 e. The molecule has 0 spiro atoms. The maximum absolute atomic E-state index is 6.21. The first-order chi connectivity index (χ1) is 7.33. The van der Waals surface area contributed by atoms with Crippen LogP contribution in [0.4, 0.5) is 0 Å². The van der Waals surface area contributed by atoms with Gasteiger partial charge in [-0.1, -0.05) is 29.8 Å². The Morgan fingerprint density at radius 1 is 1.40 bits per heavy atom. The molecule has 1 aromatic carbocycles. The highest BCUT2D eigenvalue weighted by molar-refractivity contribution is 6.31. The van der Waals surface area contributed by atoms with E-state index < -0.39 is 0 Å². The number of hydrogen-bond donors (Lipinski definition) is 1. The Bertz CT molecular complexity index is 327. The van der Waals surface area contributed by atoms with Crippen LogP contribution in [0.3, 0.4) is 0 Å². The fourth-order valence-corrected chi connectivity index (χ4v) is 2.62. The molecule has 1 atom stereocenters. The van der Waals surface area contributed by atoms with Gasteiger partial charge >= 0.3 is 0 Å². The maximum Gasteiger partial charge on any atom is 0.0453 e. The van der Waals surface area contributed by atoms with E-state index in [1.54, 1.807) is 0 Å². The highest BCUT2D eigenvalue weighted by Gasteiger charge is 2.26. The molecule has 1 fully saturated rings. The molecule has 1 heterocycles. The third-order valence-corrected chi connectivity index (χ3v) is 3.39. The van der Waals surface area contributed by atoms with Crippen molar-refractivity contribution in [3.8, 4) is 0 Å². The molecule has 1 aliphatic rings. The van der Waals surface area contributed by atoms with E-state index in [1.807, 2.05) is 12.1 Å². The van der Waals surface area contributed by atoms with E-state index in [-0.39, 0.29) is 0 Å². The molecule has 0 amide bonds. The van der Waals surface area contributed by atoms with Crippen molar-refractivity contribution in [2.75, 3.05) is 19.6 Å². The minimum absolute atomic E-state index is 0.474. The number of benzene rings is 1. The van der Waals surface area contributed by atoms with Gasteiger partial charge in [0.05, 0.1) is 0 Å². The van der Waals surface area contributed by atoms with Crippen LogP contribution in [0.25, 0.3) is 0 Å². The normalized spacial score (nSPS) is 22.1. The summed E-state index contributed by atoms with van der Waals surface area (Å²) in [5, 5.41) is 0.881. The van der Waals surface area contributed by atoms with Gasteiger partial charge in [-0.3, -0.25) is 4.90 Å².